The molecule has 0 spiro atoms. The van der Waals surface area contributed by atoms with Gasteiger partial charge in [0.25, 0.3) is 0 Å². The van der Waals surface area contributed by atoms with Crippen molar-refractivity contribution in [2.75, 3.05) is 26.4 Å². The van der Waals surface area contributed by atoms with Gasteiger partial charge < -0.3 is 89.9 Å². The molecule has 12 N–H and O–H groups in total. The normalized spacial score (nSPS) is 29.9. The van der Waals surface area contributed by atoms with E-state index >= 15 is 0 Å². The minimum atomic E-state index is -1.99. The monoisotopic (exact) mass is 1200 g/mol. The Kier molecular flexibility index (Phi) is 41.6. The lowest BCUT2D eigenvalue weighted by Crippen LogP contribution is -2.66. The van der Waals surface area contributed by atoms with Gasteiger partial charge in [-0.2, -0.15) is 0 Å². The lowest BCUT2D eigenvalue weighted by Gasteiger charge is -2.48. The fourth-order valence-corrected chi connectivity index (χ4v) is 9.39. The second kappa shape index (κ2) is 47.0. The number of amides is 1. The van der Waals surface area contributed by atoms with Crippen molar-refractivity contribution in [1.82, 2.24) is 5.32 Å². The lowest BCUT2D eigenvalue weighted by molar-refractivity contribution is -0.379. The molecule has 17 atom stereocenters. The number of ether oxygens (including phenoxy) is 6. The molecule has 0 aromatic rings. The molecule has 17 unspecified atom stereocenters. The largest absolute Gasteiger partial charge is 0.394 e. The third-order valence-corrected chi connectivity index (χ3v) is 14.5. The summed E-state index contributed by atoms with van der Waals surface area (Å²) in [5.74, 6) is -0.316. The van der Waals surface area contributed by atoms with Crippen molar-refractivity contribution in [3.63, 3.8) is 0 Å². The maximum Gasteiger partial charge on any atom is 0.220 e. The van der Waals surface area contributed by atoms with Crippen molar-refractivity contribution < 1.29 is 89.4 Å². The summed E-state index contributed by atoms with van der Waals surface area (Å²) in [4.78, 5) is 13.2. The molecule has 3 aliphatic rings. The first-order chi connectivity index (χ1) is 41.3. The highest BCUT2D eigenvalue weighted by molar-refractivity contribution is 5.76. The van der Waals surface area contributed by atoms with Gasteiger partial charge in [0.15, 0.2) is 18.9 Å². The summed E-state index contributed by atoms with van der Waals surface area (Å²) in [6, 6.07) is -0.993. The van der Waals surface area contributed by atoms with Gasteiger partial charge in [0.1, 0.15) is 73.2 Å². The van der Waals surface area contributed by atoms with E-state index in [1.807, 2.05) is 6.08 Å². The van der Waals surface area contributed by atoms with E-state index in [1.165, 1.54) is 0 Å². The molecular weight excluding hydrogens is 1090 g/mol. The van der Waals surface area contributed by atoms with E-state index in [1.54, 1.807) is 6.08 Å². The van der Waals surface area contributed by atoms with Gasteiger partial charge in [0.2, 0.25) is 5.91 Å². The molecule has 482 valence electrons. The van der Waals surface area contributed by atoms with Crippen LogP contribution in [0.4, 0.5) is 0 Å². The second-order valence-electron chi connectivity index (χ2n) is 21.4. The predicted molar refractivity (Wildman–Crippen MR) is 327 cm³/mol. The van der Waals surface area contributed by atoms with Gasteiger partial charge in [-0.3, -0.25) is 4.79 Å². The van der Waals surface area contributed by atoms with Crippen LogP contribution in [0.5, 0.6) is 0 Å². The third kappa shape index (κ3) is 30.1. The highest BCUT2D eigenvalue weighted by Gasteiger charge is 2.53. The summed E-state index contributed by atoms with van der Waals surface area (Å²) in [7, 11) is 0. The number of aliphatic hydroxyl groups excluding tert-OH is 11. The van der Waals surface area contributed by atoms with E-state index < -0.39 is 124 Å². The van der Waals surface area contributed by atoms with Gasteiger partial charge in [-0.25, -0.2) is 0 Å². The van der Waals surface area contributed by atoms with Gasteiger partial charge in [-0.05, 0) is 96.3 Å². The number of rotatable bonds is 43. The van der Waals surface area contributed by atoms with Crippen molar-refractivity contribution >= 4 is 5.91 Å². The number of carbonyl (C=O) groups excluding carboxylic acids is 1. The number of hydrogen-bond acceptors (Lipinski definition) is 18. The quantitative estimate of drug-likeness (QED) is 0.0237. The fourth-order valence-electron chi connectivity index (χ4n) is 9.39. The van der Waals surface area contributed by atoms with Crippen LogP contribution in [-0.2, 0) is 33.2 Å². The zero-order valence-corrected chi connectivity index (χ0v) is 50.3. The van der Waals surface area contributed by atoms with E-state index in [2.05, 4.69) is 141 Å². The van der Waals surface area contributed by atoms with Crippen molar-refractivity contribution in [3.05, 3.63) is 134 Å². The molecule has 3 rings (SSSR count). The SMILES string of the molecule is CC/C=C\C/C=C\C/C=C\C/C=C\C/C=C\C/C=C\C/C=C\C/C=C\C/C=C\C/C=C\CCCCCCC(=O)NC(COC1OC(CO)C(OC2OC(CO)C(OC3OC(CO)C(O)C(O)C3O)C(O)C2O)C(O)C1O)C(O)/C=C/CCCCC. The molecule has 0 aromatic heterocycles. The number of unbranched alkanes of at least 4 members (excludes halogenated alkanes) is 7. The molecule has 0 aromatic carbocycles. The van der Waals surface area contributed by atoms with E-state index in [9.17, 15) is 61.0 Å². The van der Waals surface area contributed by atoms with Crippen LogP contribution in [0.25, 0.3) is 0 Å². The van der Waals surface area contributed by atoms with Crippen molar-refractivity contribution in [1.29, 1.82) is 0 Å². The molecule has 19 heteroatoms. The van der Waals surface area contributed by atoms with E-state index in [4.69, 9.17) is 28.4 Å². The Morgan fingerprint density at radius 2 is 0.812 bits per heavy atom. The maximum atomic E-state index is 13.2. The Labute approximate surface area is 505 Å². The molecule has 0 bridgehead atoms. The average Bonchev–Trinajstić information content (AvgIpc) is 2.21. The van der Waals surface area contributed by atoms with Crippen LogP contribution >= 0.6 is 0 Å². The van der Waals surface area contributed by atoms with Crippen LogP contribution in [0.2, 0.25) is 0 Å². The first-order valence-electron chi connectivity index (χ1n) is 30.9. The van der Waals surface area contributed by atoms with E-state index in [0.717, 1.165) is 109 Å². The minimum absolute atomic E-state index is 0.202. The first-order valence-corrected chi connectivity index (χ1v) is 30.9. The molecule has 3 saturated heterocycles. The maximum absolute atomic E-state index is 13.2. The molecule has 3 aliphatic heterocycles. The number of allylic oxidation sites excluding steroid dienone is 21. The third-order valence-electron chi connectivity index (χ3n) is 14.5. The zero-order chi connectivity index (χ0) is 61.9. The molecule has 3 fully saturated rings. The van der Waals surface area contributed by atoms with Gasteiger partial charge >= 0.3 is 0 Å². The summed E-state index contributed by atoms with van der Waals surface area (Å²) < 4.78 is 34.0. The van der Waals surface area contributed by atoms with Crippen LogP contribution in [0, 0.1) is 0 Å². The number of carbonyl (C=O) groups is 1. The standard InChI is InChI=1S/C66H105NO18/c1-3-5-7-9-10-11-12-13-14-15-16-17-18-19-20-21-22-23-24-25-26-27-28-29-30-31-32-33-34-35-36-37-38-40-42-44-54(72)67-49(50(71)43-41-39-8-6-4-2)48-80-64-60(78)57(75)62(52(46-69)82-64)85-66-61(79)58(76)63(53(47-70)83-66)84-65-59(77)56(74)55(73)51(45-68)81-65/h5,7,10-11,13-14,16-17,19-20,22-23,25-26,28-29,31-32,34-35,41,43,49-53,55-66,68-71,73-79H,3-4,6,8-9,12,15,18,21,24,27,30,33,36-40,42,44-48H2,1-2H3,(H,67,72)/b7-5-,11-10-,14-13-,17-16-,20-19-,23-22-,26-25-,29-28-,32-31-,35-34-,43-41+. The molecule has 0 aliphatic carbocycles. The summed E-state index contributed by atoms with van der Waals surface area (Å²) in [5.41, 5.74) is 0. The Hall–Kier alpha value is -4.07. The number of hydrogen-bond donors (Lipinski definition) is 12. The van der Waals surface area contributed by atoms with Crippen LogP contribution in [0.3, 0.4) is 0 Å². The molecule has 3 heterocycles. The van der Waals surface area contributed by atoms with Gasteiger partial charge in [-0.1, -0.05) is 173 Å². The Balaban J connectivity index is 1.33. The lowest BCUT2D eigenvalue weighted by atomic mass is 9.96. The summed E-state index contributed by atoms with van der Waals surface area (Å²) in [5, 5.41) is 119. The highest BCUT2D eigenvalue weighted by atomic mass is 16.8. The molecule has 19 nitrogen and oxygen atoms in total. The Morgan fingerprint density at radius 1 is 0.435 bits per heavy atom. The van der Waals surface area contributed by atoms with E-state index in [0.29, 0.717) is 12.8 Å². The molecule has 0 saturated carbocycles. The topological polar surface area (TPSA) is 307 Å². The van der Waals surface area contributed by atoms with Crippen LogP contribution in [-0.4, -0.2) is 193 Å². The Bertz CT molecular complexity index is 2060. The van der Waals surface area contributed by atoms with Crippen LogP contribution in [0.15, 0.2) is 134 Å². The van der Waals surface area contributed by atoms with Crippen molar-refractivity contribution in [2.45, 2.75) is 247 Å². The summed E-state index contributed by atoms with van der Waals surface area (Å²) >= 11 is 0. The molecule has 85 heavy (non-hydrogen) atoms. The van der Waals surface area contributed by atoms with Crippen molar-refractivity contribution in [3.8, 4) is 0 Å². The fraction of sp³-hybridized carbons (Fsp3) is 0.652. The average molecular weight is 1200 g/mol. The van der Waals surface area contributed by atoms with Gasteiger partial charge in [0.05, 0.1) is 38.6 Å². The smallest absolute Gasteiger partial charge is 0.220 e. The van der Waals surface area contributed by atoms with Crippen LogP contribution < -0.4 is 5.32 Å². The molecular formula is C66H105NO18. The van der Waals surface area contributed by atoms with Crippen LogP contribution in [0.1, 0.15) is 142 Å². The van der Waals surface area contributed by atoms with Crippen molar-refractivity contribution in [2.24, 2.45) is 0 Å². The zero-order valence-electron chi connectivity index (χ0n) is 50.3. The van der Waals surface area contributed by atoms with Gasteiger partial charge in [-0.15, -0.1) is 0 Å². The molecule has 0 radical (unpaired) electrons. The summed E-state index contributed by atoms with van der Waals surface area (Å²) in [6.45, 7) is 1.41. The highest BCUT2D eigenvalue weighted by Crippen LogP contribution is 2.33. The summed E-state index contributed by atoms with van der Waals surface area (Å²) in [6.07, 6.45) is 38.1. The number of nitrogens with one attached hydrogen (secondary N) is 1. The second-order valence-corrected chi connectivity index (χ2v) is 21.4. The Morgan fingerprint density at radius 3 is 1.26 bits per heavy atom. The molecule has 1 amide bonds. The minimum Gasteiger partial charge on any atom is -0.394 e. The van der Waals surface area contributed by atoms with E-state index in [-0.39, 0.29) is 18.9 Å². The van der Waals surface area contributed by atoms with Gasteiger partial charge in [0, 0.05) is 6.42 Å². The number of aliphatic hydroxyl groups is 11. The predicted octanol–water partition coefficient (Wildman–Crippen LogP) is 6.26. The first kappa shape index (κ1) is 75.2.